The standard InChI is InChI=1S/C9H17NO2S/c1-6(13-2)9(12)10-7-4-3-5-8(7)11/h6-8,11H,3-5H2,1-2H3,(H,10,12). The zero-order chi connectivity index (χ0) is 9.84. The van der Waals surface area contributed by atoms with E-state index in [0.717, 1.165) is 19.3 Å². The molecule has 0 aromatic heterocycles. The van der Waals surface area contributed by atoms with Crippen molar-refractivity contribution in [2.75, 3.05) is 6.26 Å². The average molecular weight is 203 g/mol. The van der Waals surface area contributed by atoms with Crippen molar-refractivity contribution in [3.63, 3.8) is 0 Å². The quantitative estimate of drug-likeness (QED) is 0.712. The first-order valence-corrected chi connectivity index (χ1v) is 5.95. The van der Waals surface area contributed by atoms with E-state index in [1.54, 1.807) is 0 Å². The minimum atomic E-state index is -0.335. The molecule has 0 saturated heterocycles. The van der Waals surface area contributed by atoms with Gasteiger partial charge in [0.25, 0.3) is 0 Å². The topological polar surface area (TPSA) is 49.3 Å². The second-order valence-corrected chi connectivity index (χ2v) is 4.67. The monoisotopic (exact) mass is 203 g/mol. The lowest BCUT2D eigenvalue weighted by atomic mass is 10.2. The first kappa shape index (κ1) is 10.9. The Kier molecular flexibility index (Phi) is 4.06. The van der Waals surface area contributed by atoms with E-state index in [4.69, 9.17) is 0 Å². The van der Waals surface area contributed by atoms with E-state index in [1.807, 2.05) is 13.2 Å². The molecule has 76 valence electrons. The highest BCUT2D eigenvalue weighted by atomic mass is 32.2. The number of carbonyl (C=O) groups excluding carboxylic acids is 1. The summed E-state index contributed by atoms with van der Waals surface area (Å²) >= 11 is 1.52. The summed E-state index contributed by atoms with van der Waals surface area (Å²) in [6.45, 7) is 1.88. The van der Waals surface area contributed by atoms with Crippen molar-refractivity contribution in [3.8, 4) is 0 Å². The summed E-state index contributed by atoms with van der Waals surface area (Å²) in [7, 11) is 0. The molecular formula is C9H17NO2S. The third-order valence-electron chi connectivity index (χ3n) is 2.53. The Morgan fingerprint density at radius 1 is 1.62 bits per heavy atom. The van der Waals surface area contributed by atoms with Gasteiger partial charge >= 0.3 is 0 Å². The van der Waals surface area contributed by atoms with Gasteiger partial charge in [-0.1, -0.05) is 0 Å². The van der Waals surface area contributed by atoms with E-state index in [2.05, 4.69) is 5.32 Å². The number of amides is 1. The van der Waals surface area contributed by atoms with Crippen LogP contribution in [0, 0.1) is 0 Å². The fraction of sp³-hybridized carbons (Fsp3) is 0.889. The predicted molar refractivity (Wildman–Crippen MR) is 54.8 cm³/mol. The highest BCUT2D eigenvalue weighted by molar-refractivity contribution is 7.99. The Hall–Kier alpha value is -0.220. The van der Waals surface area contributed by atoms with Gasteiger partial charge in [0.2, 0.25) is 5.91 Å². The number of nitrogens with one attached hydrogen (secondary N) is 1. The molecule has 0 aromatic rings. The summed E-state index contributed by atoms with van der Waals surface area (Å²) in [6.07, 6.45) is 4.32. The number of carbonyl (C=O) groups is 1. The van der Waals surface area contributed by atoms with Crippen LogP contribution in [-0.4, -0.2) is 34.7 Å². The second kappa shape index (κ2) is 4.86. The minimum Gasteiger partial charge on any atom is -0.391 e. The van der Waals surface area contributed by atoms with Crippen LogP contribution >= 0.6 is 11.8 Å². The molecule has 0 heterocycles. The Labute approximate surface area is 83.3 Å². The summed E-state index contributed by atoms with van der Waals surface area (Å²) in [4.78, 5) is 11.4. The van der Waals surface area contributed by atoms with Crippen molar-refractivity contribution in [2.24, 2.45) is 0 Å². The van der Waals surface area contributed by atoms with Crippen molar-refractivity contribution in [2.45, 2.75) is 43.6 Å². The first-order valence-electron chi connectivity index (χ1n) is 4.66. The van der Waals surface area contributed by atoms with Gasteiger partial charge in [-0.3, -0.25) is 4.79 Å². The van der Waals surface area contributed by atoms with Crippen molar-refractivity contribution in [3.05, 3.63) is 0 Å². The average Bonchev–Trinajstić information content (AvgIpc) is 2.50. The van der Waals surface area contributed by atoms with E-state index in [-0.39, 0.29) is 23.3 Å². The van der Waals surface area contributed by atoms with Gasteiger partial charge in [0.15, 0.2) is 0 Å². The smallest absolute Gasteiger partial charge is 0.233 e. The first-order chi connectivity index (χ1) is 6.15. The molecule has 13 heavy (non-hydrogen) atoms. The maximum atomic E-state index is 11.4. The molecule has 0 bridgehead atoms. The molecule has 0 spiro atoms. The Morgan fingerprint density at radius 2 is 2.31 bits per heavy atom. The Morgan fingerprint density at radius 3 is 2.77 bits per heavy atom. The molecule has 0 aliphatic heterocycles. The van der Waals surface area contributed by atoms with Gasteiger partial charge in [0.1, 0.15) is 0 Å². The molecule has 0 aromatic carbocycles. The molecule has 3 unspecified atom stereocenters. The third-order valence-corrected chi connectivity index (χ3v) is 3.45. The zero-order valence-corrected chi connectivity index (χ0v) is 8.93. The van der Waals surface area contributed by atoms with Crippen molar-refractivity contribution in [1.82, 2.24) is 5.32 Å². The molecule has 1 rings (SSSR count). The highest BCUT2D eigenvalue weighted by Crippen LogP contribution is 2.19. The number of thioether (sulfide) groups is 1. The number of rotatable bonds is 3. The van der Waals surface area contributed by atoms with Crippen molar-refractivity contribution in [1.29, 1.82) is 0 Å². The summed E-state index contributed by atoms with van der Waals surface area (Å²) in [6, 6.07) is -0.0119. The summed E-state index contributed by atoms with van der Waals surface area (Å²) < 4.78 is 0. The van der Waals surface area contributed by atoms with Gasteiger partial charge in [0, 0.05) is 0 Å². The van der Waals surface area contributed by atoms with Crippen LogP contribution in [0.25, 0.3) is 0 Å². The molecule has 3 atom stereocenters. The van der Waals surface area contributed by atoms with E-state index in [9.17, 15) is 9.90 Å². The van der Waals surface area contributed by atoms with E-state index in [0.29, 0.717) is 0 Å². The maximum absolute atomic E-state index is 11.4. The maximum Gasteiger partial charge on any atom is 0.233 e. The lowest BCUT2D eigenvalue weighted by Crippen LogP contribution is -2.43. The van der Waals surface area contributed by atoms with Gasteiger partial charge in [-0.25, -0.2) is 0 Å². The van der Waals surface area contributed by atoms with Crippen LogP contribution < -0.4 is 5.32 Å². The Balaban J connectivity index is 2.35. The van der Waals surface area contributed by atoms with Gasteiger partial charge in [0.05, 0.1) is 17.4 Å². The molecule has 3 nitrogen and oxygen atoms in total. The third kappa shape index (κ3) is 2.88. The van der Waals surface area contributed by atoms with Gasteiger partial charge in [-0.2, -0.15) is 11.8 Å². The fourth-order valence-corrected chi connectivity index (χ4v) is 1.80. The van der Waals surface area contributed by atoms with Crippen molar-refractivity contribution < 1.29 is 9.90 Å². The van der Waals surface area contributed by atoms with Crippen LogP contribution in [0.5, 0.6) is 0 Å². The zero-order valence-electron chi connectivity index (χ0n) is 8.12. The molecule has 1 fully saturated rings. The lowest BCUT2D eigenvalue weighted by Gasteiger charge is -2.18. The second-order valence-electron chi connectivity index (χ2n) is 3.49. The molecule has 1 aliphatic rings. The highest BCUT2D eigenvalue weighted by Gasteiger charge is 2.27. The van der Waals surface area contributed by atoms with Gasteiger partial charge in [-0.05, 0) is 32.4 Å². The normalized spacial score (nSPS) is 30.1. The molecule has 1 aliphatic carbocycles. The predicted octanol–water partition coefficient (Wildman–Crippen LogP) is 0.767. The largest absolute Gasteiger partial charge is 0.391 e. The molecule has 4 heteroatoms. The minimum absolute atomic E-state index is 0.0119. The molecular weight excluding hydrogens is 186 g/mol. The van der Waals surface area contributed by atoms with Crippen LogP contribution in [0.4, 0.5) is 0 Å². The SMILES string of the molecule is CSC(C)C(=O)NC1CCCC1O. The molecule has 1 saturated carbocycles. The van der Waals surface area contributed by atoms with Crippen LogP contribution in [0.3, 0.4) is 0 Å². The number of hydrogen-bond donors (Lipinski definition) is 2. The molecule has 2 N–H and O–H groups in total. The fourth-order valence-electron chi connectivity index (χ4n) is 1.52. The number of aliphatic hydroxyl groups excluding tert-OH is 1. The Bertz CT molecular complexity index is 186. The van der Waals surface area contributed by atoms with Gasteiger partial charge < -0.3 is 10.4 Å². The van der Waals surface area contributed by atoms with Crippen LogP contribution in [0.2, 0.25) is 0 Å². The molecule has 1 amide bonds. The van der Waals surface area contributed by atoms with Crippen LogP contribution in [0.1, 0.15) is 26.2 Å². The lowest BCUT2D eigenvalue weighted by molar-refractivity contribution is -0.121. The summed E-state index contributed by atoms with van der Waals surface area (Å²) in [5.74, 6) is 0.0402. The number of hydrogen-bond acceptors (Lipinski definition) is 3. The summed E-state index contributed by atoms with van der Waals surface area (Å²) in [5, 5.41) is 12.3. The van der Waals surface area contributed by atoms with E-state index in [1.165, 1.54) is 11.8 Å². The summed E-state index contributed by atoms with van der Waals surface area (Å²) in [5.41, 5.74) is 0. The van der Waals surface area contributed by atoms with E-state index < -0.39 is 0 Å². The van der Waals surface area contributed by atoms with E-state index >= 15 is 0 Å². The molecule has 0 radical (unpaired) electrons. The van der Waals surface area contributed by atoms with Crippen LogP contribution in [0.15, 0.2) is 0 Å². The van der Waals surface area contributed by atoms with Gasteiger partial charge in [-0.15, -0.1) is 0 Å². The van der Waals surface area contributed by atoms with Crippen molar-refractivity contribution >= 4 is 17.7 Å². The van der Waals surface area contributed by atoms with Crippen LogP contribution in [-0.2, 0) is 4.79 Å². The number of aliphatic hydroxyl groups is 1.